The van der Waals surface area contributed by atoms with Gasteiger partial charge in [-0.05, 0) is 0 Å². The number of hydrogen-bond donors (Lipinski definition) is 4. The predicted octanol–water partition coefficient (Wildman–Crippen LogP) is 4.91. The summed E-state index contributed by atoms with van der Waals surface area (Å²) in [7, 11) is -3.91. The first-order chi connectivity index (χ1) is 21.0. The number of phenolic OH excluding ortho intramolecular Hbond substituents is 3. The van der Waals surface area contributed by atoms with Gasteiger partial charge in [-0.25, -0.2) is 0 Å². The Kier molecular flexibility index (Phi) is 10.5. The number of carbonyl (C=O) groups is 1. The summed E-state index contributed by atoms with van der Waals surface area (Å²) in [6, 6.07) is 31.5. The number of hydrogen-bond acceptors (Lipinski definition) is 7. The summed E-state index contributed by atoms with van der Waals surface area (Å²) in [5, 5.41) is 34.1. The van der Waals surface area contributed by atoms with Gasteiger partial charge in [0.1, 0.15) is 0 Å². The average molecular weight is 636 g/mol. The van der Waals surface area contributed by atoms with E-state index in [0.29, 0.717) is 31.1 Å². The molecule has 0 saturated carbocycles. The van der Waals surface area contributed by atoms with Gasteiger partial charge in [-0.1, -0.05) is 0 Å². The quantitative estimate of drug-likeness (QED) is 0.0670. The molecule has 44 heavy (non-hydrogen) atoms. The van der Waals surface area contributed by atoms with Crippen molar-refractivity contribution in [2.24, 2.45) is 0 Å². The number of unbranched alkanes of at least 4 members (excludes halogenated alkanes) is 3. The van der Waals surface area contributed by atoms with Crippen LogP contribution in [0.25, 0.3) is 6.08 Å². The molecule has 0 fully saturated rings. The van der Waals surface area contributed by atoms with E-state index in [4.69, 9.17) is 3.97 Å². The van der Waals surface area contributed by atoms with Crippen LogP contribution in [-0.4, -0.2) is 48.6 Å². The van der Waals surface area contributed by atoms with E-state index in [0.717, 1.165) is 35.0 Å². The summed E-state index contributed by atoms with van der Waals surface area (Å²) in [6.07, 6.45) is 7.31. The summed E-state index contributed by atoms with van der Waals surface area (Å²) in [4.78, 5) is 12.3. The van der Waals surface area contributed by atoms with Crippen LogP contribution in [0, 0.1) is 0 Å². The van der Waals surface area contributed by atoms with Crippen LogP contribution in [0.2, 0.25) is 0 Å². The first-order valence-corrected chi connectivity index (χ1v) is 18.5. The van der Waals surface area contributed by atoms with Crippen LogP contribution in [0.1, 0.15) is 31.2 Å². The molecule has 4 N–H and O–H groups in total. The fraction of sp³-hybridized carbons (Fsp3) is 0.206. The van der Waals surface area contributed by atoms with E-state index in [1.165, 1.54) is 24.3 Å². The van der Waals surface area contributed by atoms with Gasteiger partial charge in [0, 0.05) is 0 Å². The second-order valence-electron chi connectivity index (χ2n) is 10.7. The standard InChI is InChI=1S/C34H38NO7PS/c1-44(40,41)42-43(28-15-7-4-8-16-28,29-17-9-5-10-18-29,30-19-11-6-12-20-30)24-14-3-2-13-23-35-33(38)22-21-27-25-31(36)34(39)32(37)26-27/h4-12,15-22,25-26,36-37,39H,2-3,13-14,23-24H2,1H3,(H,35,38)/b22-21+. The number of benzene rings is 4. The maximum absolute atomic E-state index is 13.1. The van der Waals surface area contributed by atoms with Crippen LogP contribution in [0.4, 0.5) is 0 Å². The van der Waals surface area contributed by atoms with Crippen LogP contribution in [-0.2, 0) is 18.9 Å². The second-order valence-corrected chi connectivity index (χ2v) is 17.1. The Bertz CT molecular complexity index is 1570. The molecular formula is C34H38NO7PS. The van der Waals surface area contributed by atoms with Gasteiger partial charge < -0.3 is 15.3 Å². The molecular weight excluding hydrogens is 597 g/mol. The molecule has 4 aromatic rings. The van der Waals surface area contributed by atoms with Crippen molar-refractivity contribution in [3.63, 3.8) is 0 Å². The monoisotopic (exact) mass is 635 g/mol. The van der Waals surface area contributed by atoms with Crippen molar-refractivity contribution < 1.29 is 32.5 Å². The fourth-order valence-corrected chi connectivity index (χ4v) is 14.2. The number of rotatable bonds is 14. The van der Waals surface area contributed by atoms with Crippen molar-refractivity contribution >= 4 is 44.8 Å². The van der Waals surface area contributed by atoms with Crippen LogP contribution in [0.3, 0.4) is 0 Å². The molecule has 0 radical (unpaired) electrons. The molecule has 1 amide bonds. The minimum absolute atomic E-state index is 0.333. The molecule has 0 atom stereocenters. The SMILES string of the molecule is CS(=O)(=O)OP(CCCCCCNC(=O)/C=C/c1cc(O)c(O)c(O)c1)(c1ccccc1)(c1ccccc1)c1ccccc1. The third-order valence-electron chi connectivity index (χ3n) is 7.54. The normalized spacial score (nSPS) is 12.9. The zero-order chi connectivity index (χ0) is 31.7. The third kappa shape index (κ3) is 7.30. The molecule has 0 saturated heterocycles. The molecule has 4 rings (SSSR count). The Hall–Kier alpha value is -4.17. The summed E-state index contributed by atoms with van der Waals surface area (Å²) in [5.74, 6) is -1.91. The molecule has 232 valence electrons. The zero-order valence-electron chi connectivity index (χ0n) is 24.5. The van der Waals surface area contributed by atoms with E-state index in [1.54, 1.807) is 0 Å². The summed E-state index contributed by atoms with van der Waals surface area (Å²) >= 11 is 0. The van der Waals surface area contributed by atoms with Gasteiger partial charge in [0.25, 0.3) is 0 Å². The van der Waals surface area contributed by atoms with Gasteiger partial charge in [-0.15, -0.1) is 0 Å². The number of amides is 1. The topological polar surface area (TPSA) is 133 Å². The van der Waals surface area contributed by atoms with Crippen LogP contribution in [0.5, 0.6) is 17.2 Å². The Morgan fingerprint density at radius 1 is 0.750 bits per heavy atom. The molecule has 0 bridgehead atoms. The van der Waals surface area contributed by atoms with Gasteiger partial charge >= 0.3 is 227 Å². The fourth-order valence-electron chi connectivity index (χ4n) is 5.59. The molecule has 0 aliphatic carbocycles. The number of aromatic hydroxyl groups is 3. The van der Waals surface area contributed by atoms with Crippen molar-refractivity contribution in [3.05, 3.63) is 115 Å². The van der Waals surface area contributed by atoms with E-state index in [-0.39, 0.29) is 5.91 Å². The molecule has 10 heteroatoms. The minimum atomic E-state index is -3.99. The predicted molar refractivity (Wildman–Crippen MR) is 178 cm³/mol. The molecule has 0 spiro atoms. The van der Waals surface area contributed by atoms with Crippen molar-refractivity contribution in [1.82, 2.24) is 5.32 Å². The van der Waals surface area contributed by atoms with E-state index < -0.39 is 34.2 Å². The van der Waals surface area contributed by atoms with E-state index >= 15 is 0 Å². The van der Waals surface area contributed by atoms with E-state index in [9.17, 15) is 28.5 Å². The molecule has 0 aliphatic heterocycles. The first kappa shape index (κ1) is 32.7. The van der Waals surface area contributed by atoms with E-state index in [1.807, 2.05) is 91.0 Å². The van der Waals surface area contributed by atoms with Crippen LogP contribution in [0.15, 0.2) is 109 Å². The molecule has 0 heterocycles. The summed E-state index contributed by atoms with van der Waals surface area (Å²) in [5.41, 5.74) is 0.362. The summed E-state index contributed by atoms with van der Waals surface area (Å²) < 4.78 is 32.8. The van der Waals surface area contributed by atoms with Crippen molar-refractivity contribution in [2.45, 2.75) is 25.7 Å². The Morgan fingerprint density at radius 3 is 1.66 bits per heavy atom. The third-order valence-corrected chi connectivity index (χ3v) is 15.3. The molecule has 0 aliphatic rings. The Balaban J connectivity index is 1.50. The van der Waals surface area contributed by atoms with Gasteiger partial charge in [-0.2, -0.15) is 0 Å². The van der Waals surface area contributed by atoms with Gasteiger partial charge in [-0.3, -0.25) is 0 Å². The number of nitrogens with one attached hydrogen (secondary N) is 1. The molecule has 0 unspecified atom stereocenters. The van der Waals surface area contributed by atoms with E-state index in [2.05, 4.69) is 5.32 Å². The van der Waals surface area contributed by atoms with Crippen molar-refractivity contribution in [2.75, 3.05) is 19.0 Å². The molecule has 4 aromatic carbocycles. The molecule has 0 aromatic heterocycles. The van der Waals surface area contributed by atoms with Gasteiger partial charge in [0.15, 0.2) is 17.2 Å². The second kappa shape index (κ2) is 14.1. The maximum atomic E-state index is 13.1. The summed E-state index contributed by atoms with van der Waals surface area (Å²) in [6.45, 7) is -3.56. The van der Waals surface area contributed by atoms with Crippen molar-refractivity contribution in [1.29, 1.82) is 0 Å². The zero-order valence-corrected chi connectivity index (χ0v) is 26.3. The first-order valence-electron chi connectivity index (χ1n) is 14.4. The number of carbonyl (C=O) groups excluding carboxylic acids is 1. The van der Waals surface area contributed by atoms with Crippen LogP contribution < -0.4 is 21.2 Å². The van der Waals surface area contributed by atoms with Crippen molar-refractivity contribution in [3.8, 4) is 17.2 Å². The molecule has 8 nitrogen and oxygen atoms in total. The van der Waals surface area contributed by atoms with Gasteiger partial charge in [0.05, 0.1) is 0 Å². The Labute approximate surface area is 258 Å². The van der Waals surface area contributed by atoms with Crippen LogP contribution >= 0.6 is 6.83 Å². The average Bonchev–Trinajstić information content (AvgIpc) is 3.02. The number of phenols is 3. The van der Waals surface area contributed by atoms with Gasteiger partial charge in [0.2, 0.25) is 0 Å². The Morgan fingerprint density at radius 2 is 1.20 bits per heavy atom.